The van der Waals surface area contributed by atoms with E-state index in [1.807, 2.05) is 0 Å². The molecule has 1 aromatic rings. The Morgan fingerprint density at radius 1 is 1.16 bits per heavy atom. The molecule has 0 aliphatic heterocycles. The highest BCUT2D eigenvalue weighted by molar-refractivity contribution is 5.37. The van der Waals surface area contributed by atoms with E-state index in [1.54, 1.807) is 0 Å². The molecule has 19 heavy (non-hydrogen) atoms. The molecule has 2 heteroatoms. The van der Waals surface area contributed by atoms with E-state index in [1.165, 1.54) is 35.1 Å². The van der Waals surface area contributed by atoms with Crippen LogP contribution in [0, 0.1) is 26.7 Å². The first-order valence-electron chi connectivity index (χ1n) is 7.47. The van der Waals surface area contributed by atoms with E-state index < -0.39 is 0 Å². The monoisotopic (exact) mass is 261 g/mol. The van der Waals surface area contributed by atoms with E-state index in [0.717, 1.165) is 25.7 Å². The Morgan fingerprint density at radius 3 is 2.53 bits per heavy atom. The van der Waals surface area contributed by atoms with Gasteiger partial charge in [0.15, 0.2) is 0 Å². The van der Waals surface area contributed by atoms with Gasteiger partial charge in [-0.1, -0.05) is 12.1 Å². The van der Waals surface area contributed by atoms with Gasteiger partial charge in [-0.25, -0.2) is 0 Å². The van der Waals surface area contributed by atoms with Crippen molar-refractivity contribution in [1.29, 1.82) is 0 Å². The van der Waals surface area contributed by atoms with Crippen LogP contribution in [-0.4, -0.2) is 19.8 Å². The predicted octanol–water partition coefficient (Wildman–Crippen LogP) is 3.69. The second kappa shape index (κ2) is 6.53. The third kappa shape index (κ3) is 4.32. The Kier molecular flexibility index (Phi) is 5.00. The number of nitrogens with one attached hydrogen (secondary N) is 1. The van der Waals surface area contributed by atoms with Gasteiger partial charge in [0.1, 0.15) is 0 Å². The highest BCUT2D eigenvalue weighted by atomic mass is 16.5. The summed E-state index contributed by atoms with van der Waals surface area (Å²) < 4.78 is 5.65. The summed E-state index contributed by atoms with van der Waals surface area (Å²) in [4.78, 5) is 0. The Bertz CT molecular complexity index is 424. The quantitative estimate of drug-likeness (QED) is 0.756. The molecule has 1 aromatic carbocycles. The van der Waals surface area contributed by atoms with Gasteiger partial charge < -0.3 is 10.1 Å². The van der Waals surface area contributed by atoms with Crippen LogP contribution >= 0.6 is 0 Å². The normalized spacial score (nSPS) is 16.6. The topological polar surface area (TPSA) is 21.3 Å². The van der Waals surface area contributed by atoms with Gasteiger partial charge in [0.25, 0.3) is 0 Å². The van der Waals surface area contributed by atoms with Crippen LogP contribution in [0.1, 0.15) is 48.1 Å². The van der Waals surface area contributed by atoms with E-state index >= 15 is 0 Å². The van der Waals surface area contributed by atoms with Crippen molar-refractivity contribution in [3.63, 3.8) is 0 Å². The van der Waals surface area contributed by atoms with Crippen LogP contribution in [0.5, 0.6) is 0 Å². The maximum atomic E-state index is 5.65. The summed E-state index contributed by atoms with van der Waals surface area (Å²) in [5, 5.41) is 3.56. The standard InChI is InChI=1S/C17H27NO/c1-12-9-14(3)17(10-13(12)2)15(4)18-7-8-19-11-16-5-6-16/h9-10,15-16,18H,5-8,11H2,1-4H3. The third-order valence-electron chi connectivity index (χ3n) is 4.10. The lowest BCUT2D eigenvalue weighted by Crippen LogP contribution is -2.24. The van der Waals surface area contributed by atoms with Crippen LogP contribution < -0.4 is 5.32 Å². The summed E-state index contributed by atoms with van der Waals surface area (Å²) in [7, 11) is 0. The average Bonchev–Trinajstić information content (AvgIpc) is 3.17. The molecule has 0 bridgehead atoms. The Hall–Kier alpha value is -0.860. The average molecular weight is 261 g/mol. The van der Waals surface area contributed by atoms with E-state index in [0.29, 0.717) is 6.04 Å². The van der Waals surface area contributed by atoms with Crippen molar-refractivity contribution < 1.29 is 4.74 Å². The molecule has 1 aliphatic carbocycles. The minimum atomic E-state index is 0.392. The van der Waals surface area contributed by atoms with Crippen molar-refractivity contribution in [2.24, 2.45) is 5.92 Å². The summed E-state index contributed by atoms with van der Waals surface area (Å²) in [5.74, 6) is 0.861. The largest absolute Gasteiger partial charge is 0.380 e. The smallest absolute Gasteiger partial charge is 0.0591 e. The minimum absolute atomic E-state index is 0.392. The first-order chi connectivity index (χ1) is 9.08. The molecule has 1 fully saturated rings. The molecule has 0 spiro atoms. The summed E-state index contributed by atoms with van der Waals surface area (Å²) in [6.45, 7) is 11.5. The van der Waals surface area contributed by atoms with Crippen LogP contribution in [0.3, 0.4) is 0 Å². The molecule has 0 heterocycles. The molecule has 0 amide bonds. The van der Waals surface area contributed by atoms with Gasteiger partial charge in [-0.05, 0) is 68.7 Å². The molecular formula is C17H27NO. The van der Waals surface area contributed by atoms with E-state index in [9.17, 15) is 0 Å². The highest BCUT2D eigenvalue weighted by Gasteiger charge is 2.20. The second-order valence-electron chi connectivity index (χ2n) is 5.99. The van der Waals surface area contributed by atoms with Crippen molar-refractivity contribution in [3.05, 3.63) is 34.4 Å². The van der Waals surface area contributed by atoms with Crippen LogP contribution in [0.4, 0.5) is 0 Å². The molecule has 106 valence electrons. The predicted molar refractivity (Wildman–Crippen MR) is 80.6 cm³/mol. The summed E-state index contributed by atoms with van der Waals surface area (Å²) in [6, 6.07) is 4.99. The fourth-order valence-electron chi connectivity index (χ4n) is 2.44. The van der Waals surface area contributed by atoms with E-state index in [2.05, 4.69) is 45.1 Å². The molecule has 1 unspecified atom stereocenters. The van der Waals surface area contributed by atoms with Crippen LogP contribution in [-0.2, 0) is 4.74 Å². The van der Waals surface area contributed by atoms with Crippen molar-refractivity contribution in [2.45, 2.75) is 46.6 Å². The number of rotatable bonds is 7. The molecular weight excluding hydrogens is 234 g/mol. The lowest BCUT2D eigenvalue weighted by molar-refractivity contribution is 0.124. The molecule has 2 nitrogen and oxygen atoms in total. The zero-order valence-electron chi connectivity index (χ0n) is 12.8. The molecule has 0 aromatic heterocycles. The third-order valence-corrected chi connectivity index (χ3v) is 4.10. The van der Waals surface area contributed by atoms with Gasteiger partial charge in [0, 0.05) is 19.2 Å². The second-order valence-corrected chi connectivity index (χ2v) is 5.99. The fraction of sp³-hybridized carbons (Fsp3) is 0.647. The van der Waals surface area contributed by atoms with Gasteiger partial charge in [0.05, 0.1) is 6.61 Å². The molecule has 0 saturated heterocycles. The van der Waals surface area contributed by atoms with Crippen molar-refractivity contribution in [1.82, 2.24) is 5.32 Å². The molecule has 1 saturated carbocycles. The number of benzene rings is 1. The van der Waals surface area contributed by atoms with Crippen LogP contribution in [0.15, 0.2) is 12.1 Å². The lowest BCUT2D eigenvalue weighted by atomic mass is 9.96. The Labute approximate surface area is 117 Å². The Morgan fingerprint density at radius 2 is 1.84 bits per heavy atom. The van der Waals surface area contributed by atoms with Crippen LogP contribution in [0.2, 0.25) is 0 Å². The van der Waals surface area contributed by atoms with Crippen LogP contribution in [0.25, 0.3) is 0 Å². The first kappa shape index (κ1) is 14.5. The Balaban J connectivity index is 1.78. The van der Waals surface area contributed by atoms with Gasteiger partial charge in [0.2, 0.25) is 0 Å². The van der Waals surface area contributed by atoms with Crippen molar-refractivity contribution in [3.8, 4) is 0 Å². The number of hydrogen-bond donors (Lipinski definition) is 1. The molecule has 2 rings (SSSR count). The van der Waals surface area contributed by atoms with Gasteiger partial charge in [-0.15, -0.1) is 0 Å². The van der Waals surface area contributed by atoms with Crippen molar-refractivity contribution in [2.75, 3.05) is 19.8 Å². The molecule has 1 aliphatic rings. The van der Waals surface area contributed by atoms with Gasteiger partial charge in [-0.3, -0.25) is 0 Å². The maximum absolute atomic E-state index is 5.65. The maximum Gasteiger partial charge on any atom is 0.0591 e. The fourth-order valence-corrected chi connectivity index (χ4v) is 2.44. The number of hydrogen-bond acceptors (Lipinski definition) is 2. The van der Waals surface area contributed by atoms with E-state index in [4.69, 9.17) is 4.74 Å². The summed E-state index contributed by atoms with van der Waals surface area (Å²) >= 11 is 0. The van der Waals surface area contributed by atoms with Gasteiger partial charge in [-0.2, -0.15) is 0 Å². The summed E-state index contributed by atoms with van der Waals surface area (Å²) in [6.07, 6.45) is 2.73. The molecule has 1 N–H and O–H groups in total. The van der Waals surface area contributed by atoms with E-state index in [-0.39, 0.29) is 0 Å². The highest BCUT2D eigenvalue weighted by Crippen LogP contribution is 2.28. The first-order valence-corrected chi connectivity index (χ1v) is 7.47. The summed E-state index contributed by atoms with van der Waals surface area (Å²) in [5.41, 5.74) is 5.53. The number of ether oxygens (including phenoxy) is 1. The molecule has 1 atom stereocenters. The lowest BCUT2D eigenvalue weighted by Gasteiger charge is -2.18. The van der Waals surface area contributed by atoms with Crippen molar-refractivity contribution >= 4 is 0 Å². The zero-order chi connectivity index (χ0) is 13.8. The minimum Gasteiger partial charge on any atom is -0.380 e. The molecule has 0 radical (unpaired) electrons. The number of aryl methyl sites for hydroxylation is 3. The van der Waals surface area contributed by atoms with Gasteiger partial charge >= 0.3 is 0 Å². The SMILES string of the molecule is Cc1cc(C)c(C(C)NCCOCC2CC2)cc1C. The zero-order valence-corrected chi connectivity index (χ0v) is 12.8.